The molecule has 1 unspecified atom stereocenters. The average Bonchev–Trinajstić information content (AvgIpc) is 2.92. The molecule has 4 nitrogen and oxygen atoms in total. The van der Waals surface area contributed by atoms with Crippen LogP contribution >= 0.6 is 0 Å². The number of aryl methyl sites for hydroxylation is 1. The normalized spacial score (nSPS) is 18.9. The number of hydrogen-bond acceptors (Lipinski definition) is 3. The molecule has 3 rings (SSSR count). The van der Waals surface area contributed by atoms with Crippen LogP contribution < -0.4 is 5.32 Å². The van der Waals surface area contributed by atoms with Gasteiger partial charge in [-0.05, 0) is 37.3 Å². The Hall–Kier alpha value is -1.36. The summed E-state index contributed by atoms with van der Waals surface area (Å²) in [5.74, 6) is 0. The SMILES string of the molecule is CCC(CO)(CO)NC1CCCc2c1[nH]c1ccccc21. The van der Waals surface area contributed by atoms with Crippen LogP contribution in [0, 0.1) is 0 Å². The molecule has 21 heavy (non-hydrogen) atoms. The largest absolute Gasteiger partial charge is 0.394 e. The molecule has 1 aliphatic carbocycles. The number of aliphatic hydroxyl groups is 2. The lowest BCUT2D eigenvalue weighted by molar-refractivity contribution is 0.0747. The molecule has 1 aromatic carbocycles. The van der Waals surface area contributed by atoms with E-state index in [2.05, 4.69) is 28.5 Å². The van der Waals surface area contributed by atoms with E-state index in [0.717, 1.165) is 19.3 Å². The number of aromatic amines is 1. The number of H-pyrrole nitrogens is 1. The van der Waals surface area contributed by atoms with Crippen molar-refractivity contribution in [2.45, 2.75) is 44.2 Å². The zero-order valence-electron chi connectivity index (χ0n) is 12.5. The lowest BCUT2D eigenvalue weighted by Gasteiger charge is -2.36. The molecule has 0 radical (unpaired) electrons. The summed E-state index contributed by atoms with van der Waals surface area (Å²) < 4.78 is 0. The van der Waals surface area contributed by atoms with Crippen LogP contribution in [-0.4, -0.2) is 33.9 Å². The van der Waals surface area contributed by atoms with E-state index in [1.807, 2.05) is 13.0 Å². The van der Waals surface area contributed by atoms with E-state index in [-0.39, 0.29) is 19.3 Å². The summed E-state index contributed by atoms with van der Waals surface area (Å²) in [6.07, 6.45) is 3.95. The zero-order valence-corrected chi connectivity index (χ0v) is 12.5. The van der Waals surface area contributed by atoms with Crippen LogP contribution in [0.15, 0.2) is 24.3 Å². The Balaban J connectivity index is 1.97. The van der Waals surface area contributed by atoms with Crippen LogP contribution in [0.1, 0.15) is 43.5 Å². The Morgan fingerprint density at radius 3 is 2.76 bits per heavy atom. The van der Waals surface area contributed by atoms with Crippen LogP contribution in [0.25, 0.3) is 10.9 Å². The molecular formula is C17H24N2O2. The van der Waals surface area contributed by atoms with Gasteiger partial charge in [-0.25, -0.2) is 0 Å². The van der Waals surface area contributed by atoms with Gasteiger partial charge in [0, 0.05) is 22.6 Å². The van der Waals surface area contributed by atoms with Gasteiger partial charge in [0.2, 0.25) is 0 Å². The van der Waals surface area contributed by atoms with E-state index in [1.165, 1.54) is 22.2 Å². The van der Waals surface area contributed by atoms with E-state index >= 15 is 0 Å². The van der Waals surface area contributed by atoms with Gasteiger partial charge in [-0.15, -0.1) is 0 Å². The molecule has 0 aliphatic heterocycles. The third kappa shape index (κ3) is 2.48. The molecular weight excluding hydrogens is 264 g/mol. The molecule has 0 saturated heterocycles. The predicted octanol–water partition coefficient (Wildman–Crippen LogP) is 2.27. The second kappa shape index (κ2) is 5.79. The maximum atomic E-state index is 9.66. The van der Waals surface area contributed by atoms with E-state index in [9.17, 15) is 10.2 Å². The number of benzene rings is 1. The number of aliphatic hydroxyl groups excluding tert-OH is 2. The Bertz CT molecular complexity index is 608. The maximum Gasteiger partial charge on any atom is 0.0650 e. The molecule has 0 bridgehead atoms. The molecule has 1 aromatic heterocycles. The number of para-hydroxylation sites is 1. The smallest absolute Gasteiger partial charge is 0.0650 e. The minimum absolute atomic E-state index is 0.0495. The van der Waals surface area contributed by atoms with Crippen molar-refractivity contribution in [1.82, 2.24) is 10.3 Å². The number of hydrogen-bond donors (Lipinski definition) is 4. The second-order valence-corrected chi connectivity index (χ2v) is 6.10. The Kier molecular flexibility index (Phi) is 4.02. The number of fused-ring (bicyclic) bond motifs is 3. The van der Waals surface area contributed by atoms with Crippen LogP contribution in [-0.2, 0) is 6.42 Å². The summed E-state index contributed by atoms with van der Waals surface area (Å²) in [5, 5.41) is 24.1. The second-order valence-electron chi connectivity index (χ2n) is 6.10. The highest BCUT2D eigenvalue weighted by molar-refractivity contribution is 5.85. The van der Waals surface area contributed by atoms with Gasteiger partial charge in [0.15, 0.2) is 0 Å². The van der Waals surface area contributed by atoms with E-state index in [4.69, 9.17) is 0 Å². The highest BCUT2D eigenvalue weighted by Gasteiger charge is 2.33. The fourth-order valence-electron chi connectivity index (χ4n) is 3.40. The molecule has 0 fully saturated rings. The fourth-order valence-corrected chi connectivity index (χ4v) is 3.40. The summed E-state index contributed by atoms with van der Waals surface area (Å²) in [6, 6.07) is 8.56. The quantitative estimate of drug-likeness (QED) is 0.682. The first-order chi connectivity index (χ1) is 10.2. The number of aromatic nitrogens is 1. The first kappa shape index (κ1) is 14.6. The molecule has 0 amide bonds. The predicted molar refractivity (Wildman–Crippen MR) is 84.3 cm³/mol. The summed E-state index contributed by atoms with van der Waals surface area (Å²) in [7, 11) is 0. The van der Waals surface area contributed by atoms with Gasteiger partial charge in [0.25, 0.3) is 0 Å². The van der Waals surface area contributed by atoms with Gasteiger partial charge < -0.3 is 15.2 Å². The average molecular weight is 288 g/mol. The van der Waals surface area contributed by atoms with Crippen molar-refractivity contribution in [1.29, 1.82) is 0 Å². The highest BCUT2D eigenvalue weighted by Crippen LogP contribution is 2.35. The molecule has 4 N–H and O–H groups in total. The van der Waals surface area contributed by atoms with E-state index in [0.29, 0.717) is 6.42 Å². The molecule has 0 saturated carbocycles. The zero-order chi connectivity index (χ0) is 14.9. The van der Waals surface area contributed by atoms with Gasteiger partial charge in [-0.2, -0.15) is 0 Å². The fraction of sp³-hybridized carbons (Fsp3) is 0.529. The highest BCUT2D eigenvalue weighted by atomic mass is 16.3. The molecule has 114 valence electrons. The van der Waals surface area contributed by atoms with Crippen molar-refractivity contribution >= 4 is 10.9 Å². The van der Waals surface area contributed by atoms with Gasteiger partial charge in [0.05, 0.1) is 18.8 Å². The Morgan fingerprint density at radius 1 is 1.29 bits per heavy atom. The molecule has 1 heterocycles. The van der Waals surface area contributed by atoms with Crippen molar-refractivity contribution in [2.75, 3.05) is 13.2 Å². The van der Waals surface area contributed by atoms with Crippen molar-refractivity contribution in [2.24, 2.45) is 0 Å². The van der Waals surface area contributed by atoms with E-state index < -0.39 is 5.54 Å². The topological polar surface area (TPSA) is 68.3 Å². The van der Waals surface area contributed by atoms with Gasteiger partial charge in [-0.1, -0.05) is 25.1 Å². The summed E-state index contributed by atoms with van der Waals surface area (Å²) in [4.78, 5) is 3.54. The van der Waals surface area contributed by atoms with Crippen molar-refractivity contribution < 1.29 is 10.2 Å². The minimum Gasteiger partial charge on any atom is -0.394 e. The first-order valence-electron chi connectivity index (χ1n) is 7.82. The van der Waals surface area contributed by atoms with Crippen molar-refractivity contribution in [3.8, 4) is 0 Å². The maximum absolute atomic E-state index is 9.66. The molecule has 1 atom stereocenters. The molecule has 0 spiro atoms. The van der Waals surface area contributed by atoms with Crippen molar-refractivity contribution in [3.05, 3.63) is 35.5 Å². The lowest BCUT2D eigenvalue weighted by atomic mass is 9.88. The number of rotatable bonds is 5. The van der Waals surface area contributed by atoms with Crippen LogP contribution in [0.3, 0.4) is 0 Å². The van der Waals surface area contributed by atoms with Gasteiger partial charge in [0.1, 0.15) is 0 Å². The summed E-state index contributed by atoms with van der Waals surface area (Å²) >= 11 is 0. The summed E-state index contributed by atoms with van der Waals surface area (Å²) in [6.45, 7) is 1.90. The number of nitrogens with one attached hydrogen (secondary N) is 2. The van der Waals surface area contributed by atoms with Crippen LogP contribution in [0.5, 0.6) is 0 Å². The van der Waals surface area contributed by atoms with Gasteiger partial charge in [-0.3, -0.25) is 5.32 Å². The standard InChI is InChI=1S/C17H24N2O2/c1-2-17(10-20,11-21)19-15-9-5-7-13-12-6-3-4-8-14(12)18-16(13)15/h3-4,6,8,15,18-21H,2,5,7,9-11H2,1H3. The Labute approximate surface area is 125 Å². The Morgan fingerprint density at radius 2 is 2.05 bits per heavy atom. The first-order valence-corrected chi connectivity index (χ1v) is 7.82. The molecule has 2 aromatic rings. The lowest BCUT2D eigenvalue weighted by Crippen LogP contribution is -2.53. The van der Waals surface area contributed by atoms with Crippen LogP contribution in [0.2, 0.25) is 0 Å². The van der Waals surface area contributed by atoms with E-state index in [1.54, 1.807) is 0 Å². The summed E-state index contributed by atoms with van der Waals surface area (Å²) in [5.41, 5.74) is 3.18. The third-order valence-electron chi connectivity index (χ3n) is 4.88. The van der Waals surface area contributed by atoms with Crippen molar-refractivity contribution in [3.63, 3.8) is 0 Å². The minimum atomic E-state index is -0.601. The van der Waals surface area contributed by atoms with Crippen LogP contribution in [0.4, 0.5) is 0 Å². The molecule has 4 heteroatoms. The third-order valence-corrected chi connectivity index (χ3v) is 4.88. The monoisotopic (exact) mass is 288 g/mol. The van der Waals surface area contributed by atoms with Gasteiger partial charge >= 0.3 is 0 Å². The molecule has 1 aliphatic rings.